The Morgan fingerprint density at radius 2 is 2.17 bits per heavy atom. The Bertz CT molecular complexity index is 596. The third-order valence-electron chi connectivity index (χ3n) is 4.33. The molecule has 96 valence electrons. The van der Waals surface area contributed by atoms with Crippen LogP contribution in [0, 0.1) is 17.2 Å². The molecule has 0 spiro atoms. The molecule has 0 saturated heterocycles. The maximum absolute atomic E-state index is 13.2. The highest BCUT2D eigenvalue weighted by atomic mass is 19.1. The van der Waals surface area contributed by atoms with Gasteiger partial charge < -0.3 is 10.3 Å². The predicted molar refractivity (Wildman–Crippen MR) is 70.6 cm³/mol. The van der Waals surface area contributed by atoms with Gasteiger partial charge in [0.2, 0.25) is 5.95 Å². The first kappa shape index (κ1) is 11.5. The summed E-state index contributed by atoms with van der Waals surface area (Å²) in [4.78, 5) is 4.25. The maximum atomic E-state index is 13.2. The summed E-state index contributed by atoms with van der Waals surface area (Å²) in [5.41, 5.74) is 7.90. The maximum Gasteiger partial charge on any atom is 0.201 e. The molecular formula is C14H18FN3. The monoisotopic (exact) mass is 247 g/mol. The SMILES string of the molecule is CC(C)C1(Cn2c(N)nc3cc(F)ccc32)CC1. The molecule has 0 aliphatic heterocycles. The summed E-state index contributed by atoms with van der Waals surface area (Å²) < 4.78 is 15.2. The molecule has 4 heteroatoms. The topological polar surface area (TPSA) is 43.8 Å². The third-order valence-corrected chi connectivity index (χ3v) is 4.33. The van der Waals surface area contributed by atoms with Crippen LogP contribution in [0.5, 0.6) is 0 Å². The minimum Gasteiger partial charge on any atom is -0.369 e. The van der Waals surface area contributed by atoms with Crippen LogP contribution in [0.3, 0.4) is 0 Å². The van der Waals surface area contributed by atoms with Crippen molar-refractivity contribution in [1.29, 1.82) is 0 Å². The molecule has 1 aliphatic carbocycles. The van der Waals surface area contributed by atoms with Gasteiger partial charge in [-0.15, -0.1) is 0 Å². The van der Waals surface area contributed by atoms with E-state index in [9.17, 15) is 4.39 Å². The number of fused-ring (bicyclic) bond motifs is 1. The molecule has 0 unspecified atom stereocenters. The van der Waals surface area contributed by atoms with E-state index in [1.165, 1.54) is 25.0 Å². The minimum atomic E-state index is -0.267. The lowest BCUT2D eigenvalue weighted by Crippen LogP contribution is -2.18. The molecule has 0 atom stereocenters. The fourth-order valence-corrected chi connectivity index (χ4v) is 2.68. The Morgan fingerprint density at radius 1 is 1.44 bits per heavy atom. The Morgan fingerprint density at radius 3 is 2.78 bits per heavy atom. The van der Waals surface area contributed by atoms with Crippen LogP contribution in [0.25, 0.3) is 11.0 Å². The van der Waals surface area contributed by atoms with Crippen molar-refractivity contribution >= 4 is 17.0 Å². The van der Waals surface area contributed by atoms with Gasteiger partial charge in [-0.25, -0.2) is 9.37 Å². The summed E-state index contributed by atoms with van der Waals surface area (Å²) >= 11 is 0. The van der Waals surface area contributed by atoms with Crippen molar-refractivity contribution < 1.29 is 4.39 Å². The highest BCUT2D eigenvalue weighted by Gasteiger charge is 2.45. The summed E-state index contributed by atoms with van der Waals surface area (Å²) in [6, 6.07) is 4.68. The van der Waals surface area contributed by atoms with E-state index in [2.05, 4.69) is 18.8 Å². The Labute approximate surface area is 106 Å². The van der Waals surface area contributed by atoms with Gasteiger partial charge in [-0.1, -0.05) is 13.8 Å². The average Bonchev–Trinajstić information content (AvgIpc) is 3.02. The normalized spacial score (nSPS) is 17.6. The number of nitrogens with two attached hydrogens (primary N) is 1. The van der Waals surface area contributed by atoms with Crippen molar-refractivity contribution in [3.05, 3.63) is 24.0 Å². The fourth-order valence-electron chi connectivity index (χ4n) is 2.68. The van der Waals surface area contributed by atoms with Gasteiger partial charge in [0.05, 0.1) is 11.0 Å². The lowest BCUT2D eigenvalue weighted by molar-refractivity contribution is 0.314. The first-order chi connectivity index (χ1) is 8.52. The third kappa shape index (κ3) is 1.67. The number of imidazole rings is 1. The molecule has 2 aromatic rings. The van der Waals surface area contributed by atoms with Gasteiger partial charge in [-0.05, 0) is 36.3 Å². The molecule has 3 nitrogen and oxygen atoms in total. The Hall–Kier alpha value is -1.58. The van der Waals surface area contributed by atoms with Crippen LogP contribution in [-0.4, -0.2) is 9.55 Å². The van der Waals surface area contributed by atoms with Crippen LogP contribution in [0.2, 0.25) is 0 Å². The highest BCUT2D eigenvalue weighted by molar-refractivity contribution is 5.78. The molecule has 0 bridgehead atoms. The zero-order chi connectivity index (χ0) is 12.9. The molecule has 1 aromatic carbocycles. The molecule has 1 saturated carbocycles. The summed E-state index contributed by atoms with van der Waals surface area (Å²) in [5, 5.41) is 0. The van der Waals surface area contributed by atoms with E-state index in [4.69, 9.17) is 5.73 Å². The lowest BCUT2D eigenvalue weighted by atomic mass is 9.92. The fraction of sp³-hybridized carbons (Fsp3) is 0.500. The minimum absolute atomic E-state index is 0.267. The number of hydrogen-bond acceptors (Lipinski definition) is 2. The predicted octanol–water partition coefficient (Wildman–Crippen LogP) is 3.19. The Balaban J connectivity index is 2.04. The molecule has 3 rings (SSSR count). The van der Waals surface area contributed by atoms with Crippen molar-refractivity contribution in [2.24, 2.45) is 11.3 Å². The van der Waals surface area contributed by atoms with E-state index in [-0.39, 0.29) is 5.82 Å². The standard InChI is InChI=1S/C14H18FN3/c1-9(2)14(5-6-14)8-18-12-4-3-10(15)7-11(12)17-13(18)16/h3-4,7,9H,5-6,8H2,1-2H3,(H2,16,17). The van der Waals surface area contributed by atoms with Crippen molar-refractivity contribution in [1.82, 2.24) is 9.55 Å². The van der Waals surface area contributed by atoms with Crippen LogP contribution in [0.1, 0.15) is 26.7 Å². The van der Waals surface area contributed by atoms with Crippen molar-refractivity contribution in [3.63, 3.8) is 0 Å². The molecule has 18 heavy (non-hydrogen) atoms. The van der Waals surface area contributed by atoms with Crippen LogP contribution in [0.15, 0.2) is 18.2 Å². The zero-order valence-corrected chi connectivity index (χ0v) is 10.8. The van der Waals surface area contributed by atoms with E-state index < -0.39 is 0 Å². The van der Waals surface area contributed by atoms with Gasteiger partial charge in [0.1, 0.15) is 5.82 Å². The summed E-state index contributed by atoms with van der Waals surface area (Å²) in [7, 11) is 0. The quantitative estimate of drug-likeness (QED) is 0.905. The summed E-state index contributed by atoms with van der Waals surface area (Å²) in [6.45, 7) is 5.39. The van der Waals surface area contributed by atoms with E-state index in [1.54, 1.807) is 6.07 Å². The Kier molecular flexibility index (Phi) is 2.37. The number of rotatable bonds is 3. The van der Waals surface area contributed by atoms with Gasteiger partial charge in [-0.2, -0.15) is 0 Å². The van der Waals surface area contributed by atoms with E-state index >= 15 is 0 Å². The van der Waals surface area contributed by atoms with E-state index in [0.29, 0.717) is 22.8 Å². The first-order valence-corrected chi connectivity index (χ1v) is 6.43. The van der Waals surface area contributed by atoms with Crippen LogP contribution in [0.4, 0.5) is 10.3 Å². The number of nitrogens with zero attached hydrogens (tertiary/aromatic N) is 2. The highest BCUT2D eigenvalue weighted by Crippen LogP contribution is 2.53. The first-order valence-electron chi connectivity index (χ1n) is 6.43. The lowest BCUT2D eigenvalue weighted by Gasteiger charge is -2.21. The summed E-state index contributed by atoms with van der Waals surface area (Å²) in [5.74, 6) is 0.856. The van der Waals surface area contributed by atoms with Crippen molar-refractivity contribution in [2.45, 2.75) is 33.2 Å². The second-order valence-electron chi connectivity index (χ2n) is 5.71. The second kappa shape index (κ2) is 3.70. The van der Waals surface area contributed by atoms with Crippen LogP contribution in [-0.2, 0) is 6.54 Å². The van der Waals surface area contributed by atoms with Gasteiger partial charge in [-0.3, -0.25) is 0 Å². The largest absolute Gasteiger partial charge is 0.369 e. The van der Waals surface area contributed by atoms with Crippen LogP contribution < -0.4 is 5.73 Å². The van der Waals surface area contributed by atoms with Gasteiger partial charge in [0, 0.05) is 12.6 Å². The molecule has 2 N–H and O–H groups in total. The van der Waals surface area contributed by atoms with E-state index in [1.807, 2.05) is 4.57 Å². The number of hydrogen-bond donors (Lipinski definition) is 1. The van der Waals surface area contributed by atoms with Crippen molar-refractivity contribution in [3.8, 4) is 0 Å². The number of aromatic nitrogens is 2. The van der Waals surface area contributed by atoms with Gasteiger partial charge in [0.15, 0.2) is 0 Å². The molecular weight excluding hydrogens is 229 g/mol. The summed E-state index contributed by atoms with van der Waals surface area (Å²) in [6.07, 6.45) is 2.48. The zero-order valence-electron chi connectivity index (χ0n) is 10.8. The molecule has 1 heterocycles. The second-order valence-corrected chi connectivity index (χ2v) is 5.71. The number of benzene rings is 1. The van der Waals surface area contributed by atoms with Gasteiger partial charge in [0.25, 0.3) is 0 Å². The number of halogens is 1. The number of nitrogen functional groups attached to an aromatic ring is 1. The molecule has 1 fully saturated rings. The van der Waals surface area contributed by atoms with Gasteiger partial charge >= 0.3 is 0 Å². The average molecular weight is 247 g/mol. The molecule has 1 aromatic heterocycles. The van der Waals surface area contributed by atoms with E-state index in [0.717, 1.165) is 12.1 Å². The molecule has 0 amide bonds. The van der Waals surface area contributed by atoms with Crippen molar-refractivity contribution in [2.75, 3.05) is 5.73 Å². The number of anilines is 1. The smallest absolute Gasteiger partial charge is 0.201 e. The molecule has 0 radical (unpaired) electrons. The van der Waals surface area contributed by atoms with Crippen LogP contribution >= 0.6 is 0 Å². The molecule has 1 aliphatic rings.